The van der Waals surface area contributed by atoms with Gasteiger partial charge in [0.15, 0.2) is 0 Å². The van der Waals surface area contributed by atoms with Crippen LogP contribution in [0.4, 0.5) is 0 Å². The molecule has 0 aliphatic rings. The summed E-state index contributed by atoms with van der Waals surface area (Å²) >= 11 is 1.58. The molecule has 0 saturated heterocycles. The van der Waals surface area contributed by atoms with Crippen LogP contribution in [0.2, 0.25) is 0 Å². The van der Waals surface area contributed by atoms with Gasteiger partial charge in [-0.15, -0.1) is 11.3 Å². The summed E-state index contributed by atoms with van der Waals surface area (Å²) in [5, 5.41) is 8.29. The van der Waals surface area contributed by atoms with Gasteiger partial charge >= 0.3 is 0 Å². The molecule has 0 aliphatic carbocycles. The van der Waals surface area contributed by atoms with E-state index >= 15 is 0 Å². The molecule has 7 nitrogen and oxygen atoms in total. The number of para-hydroxylation sites is 1. The van der Waals surface area contributed by atoms with Crippen LogP contribution >= 0.6 is 11.3 Å². The highest BCUT2D eigenvalue weighted by atomic mass is 32.1. The van der Waals surface area contributed by atoms with E-state index in [0.29, 0.717) is 17.3 Å². The van der Waals surface area contributed by atoms with Crippen molar-refractivity contribution in [3.05, 3.63) is 52.6 Å². The zero-order chi connectivity index (χ0) is 20.1. The van der Waals surface area contributed by atoms with Crippen LogP contribution in [-0.4, -0.2) is 30.5 Å². The van der Waals surface area contributed by atoms with Gasteiger partial charge in [0.1, 0.15) is 16.5 Å². The normalized spacial score (nSPS) is 13.2. The number of aryl methyl sites for hydroxylation is 1. The molecule has 28 heavy (non-hydrogen) atoms. The van der Waals surface area contributed by atoms with E-state index in [1.165, 1.54) is 0 Å². The molecule has 1 aromatic carbocycles. The van der Waals surface area contributed by atoms with Crippen LogP contribution < -0.4 is 5.32 Å². The van der Waals surface area contributed by atoms with Gasteiger partial charge < -0.3 is 5.32 Å². The van der Waals surface area contributed by atoms with Crippen LogP contribution in [-0.2, 0) is 5.41 Å². The molecule has 3 heterocycles. The summed E-state index contributed by atoms with van der Waals surface area (Å²) < 4.78 is 2.82. The first kappa shape index (κ1) is 18.5. The first-order valence-electron chi connectivity index (χ1n) is 9.13. The molecule has 144 valence electrons. The van der Waals surface area contributed by atoms with E-state index in [2.05, 4.69) is 46.1 Å². The lowest BCUT2D eigenvalue weighted by Crippen LogP contribution is -2.29. The van der Waals surface area contributed by atoms with E-state index in [-0.39, 0.29) is 17.4 Å². The number of thiazole rings is 1. The van der Waals surface area contributed by atoms with Crippen molar-refractivity contribution < 1.29 is 4.79 Å². The minimum atomic E-state index is -0.250. The van der Waals surface area contributed by atoms with Crippen molar-refractivity contribution in [1.82, 2.24) is 29.9 Å². The van der Waals surface area contributed by atoms with Crippen LogP contribution in [0.1, 0.15) is 60.8 Å². The molecule has 0 radical (unpaired) electrons. The van der Waals surface area contributed by atoms with Gasteiger partial charge in [0.05, 0.1) is 22.0 Å². The standard InChI is InChI=1S/C20H22N6OS/c1-11(18-23-13-8-6-7-9-15(13)28-18)21-17(27)14-10-16(20(3,4)5)26-19(24-14)22-12(2)25-26/h6-11H,1-5H3,(H,21,27)/t11-/m1/s1. The molecule has 1 N–H and O–H groups in total. The van der Waals surface area contributed by atoms with Gasteiger partial charge in [0.2, 0.25) is 0 Å². The Balaban J connectivity index is 1.66. The van der Waals surface area contributed by atoms with Crippen molar-refractivity contribution in [3.63, 3.8) is 0 Å². The summed E-state index contributed by atoms with van der Waals surface area (Å²) in [5.41, 5.74) is 1.94. The molecule has 0 bridgehead atoms. The predicted octanol–water partition coefficient (Wildman–Crippen LogP) is 3.83. The number of nitrogens with one attached hydrogen (secondary N) is 1. The van der Waals surface area contributed by atoms with Crippen LogP contribution in [0.5, 0.6) is 0 Å². The minimum absolute atomic E-state index is 0.213. The Morgan fingerprint density at radius 1 is 1.18 bits per heavy atom. The Labute approximate surface area is 166 Å². The molecule has 0 fully saturated rings. The Hall–Kier alpha value is -2.87. The number of rotatable bonds is 3. The summed E-state index contributed by atoms with van der Waals surface area (Å²) in [5.74, 6) is 0.807. The van der Waals surface area contributed by atoms with Gasteiger partial charge in [-0.05, 0) is 32.0 Å². The molecular weight excluding hydrogens is 372 g/mol. The zero-order valence-corrected chi connectivity index (χ0v) is 17.3. The third-order valence-electron chi connectivity index (χ3n) is 4.45. The fourth-order valence-electron chi connectivity index (χ4n) is 3.03. The van der Waals surface area contributed by atoms with Crippen molar-refractivity contribution in [2.24, 2.45) is 0 Å². The molecule has 4 rings (SSSR count). The summed E-state index contributed by atoms with van der Waals surface area (Å²) in [6.45, 7) is 9.97. The number of aromatic nitrogens is 5. The minimum Gasteiger partial charge on any atom is -0.342 e. The predicted molar refractivity (Wildman–Crippen MR) is 110 cm³/mol. The average Bonchev–Trinajstić information content (AvgIpc) is 3.21. The van der Waals surface area contributed by atoms with E-state index in [1.54, 1.807) is 21.9 Å². The summed E-state index contributed by atoms with van der Waals surface area (Å²) in [6, 6.07) is 9.53. The quantitative estimate of drug-likeness (QED) is 0.571. The Morgan fingerprint density at radius 3 is 2.64 bits per heavy atom. The van der Waals surface area contributed by atoms with Gasteiger partial charge in [-0.1, -0.05) is 32.9 Å². The highest BCUT2D eigenvalue weighted by Gasteiger charge is 2.24. The van der Waals surface area contributed by atoms with Gasteiger partial charge in [0, 0.05) is 5.41 Å². The summed E-state index contributed by atoms with van der Waals surface area (Å²) in [6.07, 6.45) is 0. The molecule has 8 heteroatoms. The van der Waals surface area contributed by atoms with Gasteiger partial charge in [-0.3, -0.25) is 4.79 Å². The van der Waals surface area contributed by atoms with Crippen molar-refractivity contribution in [2.45, 2.75) is 46.1 Å². The van der Waals surface area contributed by atoms with E-state index in [4.69, 9.17) is 0 Å². The Bertz CT molecular complexity index is 1150. The summed E-state index contributed by atoms with van der Waals surface area (Å²) in [7, 11) is 0. The highest BCUT2D eigenvalue weighted by Crippen LogP contribution is 2.27. The van der Waals surface area contributed by atoms with Crippen molar-refractivity contribution in [2.75, 3.05) is 0 Å². The zero-order valence-electron chi connectivity index (χ0n) is 16.5. The second kappa shape index (κ2) is 6.63. The number of nitrogens with zero attached hydrogens (tertiary/aromatic N) is 5. The number of fused-ring (bicyclic) bond motifs is 2. The van der Waals surface area contributed by atoms with E-state index in [1.807, 2.05) is 38.1 Å². The number of amides is 1. The van der Waals surface area contributed by atoms with Crippen molar-refractivity contribution >= 4 is 33.2 Å². The third kappa shape index (κ3) is 3.35. The number of hydrogen-bond acceptors (Lipinski definition) is 6. The van der Waals surface area contributed by atoms with Crippen molar-refractivity contribution in [1.29, 1.82) is 0 Å². The molecular formula is C20H22N6OS. The maximum atomic E-state index is 12.9. The maximum Gasteiger partial charge on any atom is 0.270 e. The molecule has 1 amide bonds. The fourth-order valence-corrected chi connectivity index (χ4v) is 4.00. The van der Waals surface area contributed by atoms with Gasteiger partial charge in [0.25, 0.3) is 11.7 Å². The monoisotopic (exact) mass is 394 g/mol. The van der Waals surface area contributed by atoms with Crippen molar-refractivity contribution in [3.8, 4) is 0 Å². The second-order valence-electron chi connectivity index (χ2n) is 7.86. The first-order chi connectivity index (χ1) is 13.2. The Morgan fingerprint density at radius 2 is 1.93 bits per heavy atom. The lowest BCUT2D eigenvalue weighted by molar-refractivity contribution is 0.0934. The molecule has 4 aromatic rings. The second-order valence-corrected chi connectivity index (χ2v) is 8.92. The largest absolute Gasteiger partial charge is 0.342 e. The molecule has 1 atom stereocenters. The third-order valence-corrected chi connectivity index (χ3v) is 5.67. The SMILES string of the molecule is Cc1nc2nc(C(=O)N[C@H](C)c3nc4ccccc4s3)cc(C(C)(C)C)n2n1. The average molecular weight is 395 g/mol. The van der Waals surface area contributed by atoms with Crippen LogP contribution in [0, 0.1) is 6.92 Å². The molecule has 3 aromatic heterocycles. The first-order valence-corrected chi connectivity index (χ1v) is 9.95. The topological polar surface area (TPSA) is 85.1 Å². The fraction of sp³-hybridized carbons (Fsp3) is 0.350. The maximum absolute atomic E-state index is 12.9. The Kier molecular flexibility index (Phi) is 4.38. The number of hydrogen-bond donors (Lipinski definition) is 1. The van der Waals surface area contributed by atoms with E-state index in [9.17, 15) is 4.79 Å². The van der Waals surface area contributed by atoms with Crippen LogP contribution in [0.15, 0.2) is 30.3 Å². The molecule has 0 unspecified atom stereocenters. The molecule has 0 aliphatic heterocycles. The van der Waals surface area contributed by atoms with Crippen LogP contribution in [0.25, 0.3) is 16.0 Å². The smallest absolute Gasteiger partial charge is 0.270 e. The van der Waals surface area contributed by atoms with Gasteiger partial charge in [-0.2, -0.15) is 10.1 Å². The van der Waals surface area contributed by atoms with Crippen LogP contribution in [0.3, 0.4) is 0 Å². The highest BCUT2D eigenvalue weighted by molar-refractivity contribution is 7.18. The number of benzene rings is 1. The lowest BCUT2D eigenvalue weighted by Gasteiger charge is -2.20. The van der Waals surface area contributed by atoms with Gasteiger partial charge in [-0.25, -0.2) is 14.5 Å². The summed E-state index contributed by atoms with van der Waals surface area (Å²) in [4.78, 5) is 26.3. The van der Waals surface area contributed by atoms with E-state index in [0.717, 1.165) is 20.9 Å². The molecule has 0 spiro atoms. The molecule has 0 saturated carbocycles. The number of carbonyl (C=O) groups is 1. The number of carbonyl (C=O) groups excluding carboxylic acids is 1. The lowest BCUT2D eigenvalue weighted by atomic mass is 9.91. The van der Waals surface area contributed by atoms with E-state index < -0.39 is 0 Å².